The summed E-state index contributed by atoms with van der Waals surface area (Å²) in [5.41, 5.74) is 12.4. The molecule has 2 nitrogen and oxygen atoms in total. The minimum absolute atomic E-state index is 0. The maximum Gasteiger partial charge on any atom is 0 e. The maximum atomic E-state index is 6.21. The van der Waals surface area contributed by atoms with Gasteiger partial charge in [0.2, 0.25) is 0 Å². The molecule has 2 N–H and O–H groups in total. The van der Waals surface area contributed by atoms with E-state index < -0.39 is 0 Å². The molecule has 0 amide bonds. The van der Waals surface area contributed by atoms with Crippen molar-refractivity contribution in [2.45, 2.75) is 21.3 Å². The molecule has 30 heavy (non-hydrogen) atoms. The maximum absolute atomic E-state index is 6.21. The van der Waals surface area contributed by atoms with Crippen molar-refractivity contribution < 1.29 is 752 Å². The molecular formula is C5H16N2Y23-2. The van der Waals surface area contributed by atoms with Crippen LogP contribution < -0.4 is 0 Å². The van der Waals surface area contributed by atoms with E-state index in [0.29, 0.717) is 13.1 Å². The Balaban J connectivity index is -0.000000000247. The summed E-state index contributed by atoms with van der Waals surface area (Å²) in [6.45, 7) is 4.58. The second kappa shape index (κ2) is 207. The van der Waals surface area contributed by atoms with Gasteiger partial charge in [0, 0.05) is 752 Å². The van der Waals surface area contributed by atoms with Gasteiger partial charge in [-0.3, -0.25) is 0 Å². The third-order valence-electron chi connectivity index (χ3n) is 0. The minimum Gasteiger partial charge on any atom is -0.678 e. The topological polar surface area (TPSA) is 47.6 Å². The summed E-state index contributed by atoms with van der Waals surface area (Å²) in [5, 5.41) is 0. The molecule has 0 aromatic rings. The zero-order chi connectivity index (χ0) is 5.41. The third kappa shape index (κ3) is 228. The molecule has 0 unspecified atom stereocenters. The van der Waals surface area contributed by atoms with Gasteiger partial charge < -0.3 is 11.5 Å². The molecule has 0 aliphatic heterocycles. The van der Waals surface area contributed by atoms with E-state index in [9.17, 15) is 0 Å². The molecule has 0 atom stereocenters. The molecule has 0 aliphatic carbocycles. The molecule has 0 rings (SSSR count). The first-order chi connectivity index (χ1) is 2.83. The molecule has 0 fully saturated rings. The summed E-state index contributed by atoms with van der Waals surface area (Å²) in [5.74, 6) is 0. The fourth-order valence-electron chi connectivity index (χ4n) is 0. The van der Waals surface area contributed by atoms with E-state index in [1.807, 2.05) is 0 Å². The van der Waals surface area contributed by atoms with Crippen LogP contribution in [0.1, 0.15) is 21.3 Å². The summed E-state index contributed by atoms with van der Waals surface area (Å²) in [7, 11) is 0. The molecule has 0 saturated carbocycles. The molecule has 0 heterocycles. The Hall–Kier alpha value is 25.3. The summed E-state index contributed by atoms with van der Waals surface area (Å²) >= 11 is 0. The van der Waals surface area contributed by atoms with Gasteiger partial charge in [-0.15, -0.1) is 0 Å². The molecule has 0 aromatic heterocycles. The van der Waals surface area contributed by atoms with Crippen molar-refractivity contribution >= 4 is 0 Å². The Bertz CT molecular complexity index is 31.6. The van der Waals surface area contributed by atoms with Gasteiger partial charge in [-0.05, 0) is 0 Å². The quantitative estimate of drug-likeness (QED) is 0.359. The summed E-state index contributed by atoms with van der Waals surface area (Å²) in [4.78, 5) is 0. The molecule has 0 aliphatic rings. The smallest absolute Gasteiger partial charge is 0 e. The summed E-state index contributed by atoms with van der Waals surface area (Å²) in [6.07, 6.45) is 0. The Morgan fingerprint density at radius 2 is 0.267 bits per heavy atom. The second-order valence-corrected chi connectivity index (χ2v) is 0.707. The van der Waals surface area contributed by atoms with Crippen LogP contribution in [-0.4, -0.2) is 13.1 Å². The molecule has 0 aromatic carbocycles. The van der Waals surface area contributed by atoms with E-state index in [2.05, 4.69) is 0 Å². The van der Waals surface area contributed by atoms with E-state index in [1.54, 1.807) is 13.8 Å². The first-order valence-corrected chi connectivity index (χ1v) is 2.12. The summed E-state index contributed by atoms with van der Waals surface area (Å²) in [6, 6.07) is 0. The van der Waals surface area contributed by atoms with Crippen molar-refractivity contribution in [3.63, 3.8) is 0 Å². The molecule has 0 bridgehead atoms. The van der Waals surface area contributed by atoms with Crippen molar-refractivity contribution in [3.05, 3.63) is 11.5 Å². The average Bonchev–Trinajstić information content (AvgIpc) is 1.39. The molecule has 0 saturated heterocycles. The Morgan fingerprint density at radius 3 is 0.267 bits per heavy atom. The van der Waals surface area contributed by atoms with E-state index in [-0.39, 0.29) is 760 Å². The van der Waals surface area contributed by atoms with Crippen molar-refractivity contribution in [2.24, 2.45) is 0 Å². The van der Waals surface area contributed by atoms with Crippen LogP contribution in [0.25, 0.3) is 11.5 Å². The number of rotatable bonds is 0. The van der Waals surface area contributed by atoms with Crippen LogP contribution in [0.4, 0.5) is 0 Å². The first-order valence-electron chi connectivity index (χ1n) is 2.12. The van der Waals surface area contributed by atoms with Gasteiger partial charge in [0.25, 0.3) is 0 Å². The first kappa shape index (κ1) is 190. The van der Waals surface area contributed by atoms with Gasteiger partial charge in [0.15, 0.2) is 0 Å². The average molecular weight is 2150 g/mol. The zero-order valence-electron chi connectivity index (χ0n) is 17.7. The van der Waals surface area contributed by atoms with Crippen LogP contribution in [0.5, 0.6) is 0 Å². The molecule has 117 valence electrons. The van der Waals surface area contributed by atoms with Crippen LogP contribution in [0.2, 0.25) is 0 Å². The number of hydrogen-bond acceptors (Lipinski definition) is 0. The minimum atomic E-state index is 0. The predicted molar refractivity (Wildman–Crippen MR) is 36.5 cm³/mol. The Kier molecular flexibility index (Phi) is 1310. The molecule has 0 spiro atoms. The Morgan fingerprint density at radius 1 is 0.267 bits per heavy atom. The van der Waals surface area contributed by atoms with Crippen LogP contribution in [-0.2, 0) is 752 Å². The van der Waals surface area contributed by atoms with Crippen LogP contribution in [0.15, 0.2) is 0 Å². The van der Waals surface area contributed by atoms with Gasteiger partial charge in [0.05, 0.1) is 0 Å². The van der Waals surface area contributed by atoms with Gasteiger partial charge in [0.1, 0.15) is 0 Å². The number of hydrogen-bond donors (Lipinski definition) is 0. The second-order valence-electron chi connectivity index (χ2n) is 0.707. The van der Waals surface area contributed by atoms with Gasteiger partial charge in [-0.2, -0.15) is 13.1 Å². The SMILES string of the molecule is C.CC[NH-].CC[NH-].[Y].[Y].[Y].[Y].[Y].[Y].[Y].[Y].[Y].[Y].[Y].[Y].[Y].[Y].[Y].[Y].[Y].[Y].[Y].[Y].[Y].[Y].[Y]. The van der Waals surface area contributed by atoms with Crippen LogP contribution in [0, 0.1) is 0 Å². The van der Waals surface area contributed by atoms with Crippen molar-refractivity contribution in [3.8, 4) is 0 Å². The van der Waals surface area contributed by atoms with E-state index >= 15 is 0 Å². The fraction of sp³-hybridized carbons (Fsp3) is 1.00. The predicted octanol–water partition coefficient (Wildman–Crippen LogP) is 2.70. The van der Waals surface area contributed by atoms with Gasteiger partial charge >= 0.3 is 0 Å². The largest absolute Gasteiger partial charge is 0.678 e. The zero-order valence-corrected chi connectivity index (χ0v) is 83.0. The van der Waals surface area contributed by atoms with Crippen molar-refractivity contribution in [2.75, 3.05) is 13.1 Å². The van der Waals surface area contributed by atoms with E-state index in [4.69, 9.17) is 11.5 Å². The molecular weight excluding hydrogens is 2130 g/mol. The third-order valence-corrected chi connectivity index (χ3v) is 0. The van der Waals surface area contributed by atoms with Gasteiger partial charge in [-0.25, -0.2) is 0 Å². The fourth-order valence-corrected chi connectivity index (χ4v) is 0. The molecule has 23 radical (unpaired) electrons. The van der Waals surface area contributed by atoms with Crippen LogP contribution >= 0.6 is 0 Å². The van der Waals surface area contributed by atoms with Crippen molar-refractivity contribution in [1.82, 2.24) is 0 Å². The van der Waals surface area contributed by atoms with Crippen LogP contribution in [0.3, 0.4) is 0 Å². The van der Waals surface area contributed by atoms with E-state index in [1.165, 1.54) is 0 Å². The van der Waals surface area contributed by atoms with E-state index in [0.717, 1.165) is 0 Å². The summed E-state index contributed by atoms with van der Waals surface area (Å²) < 4.78 is 0. The van der Waals surface area contributed by atoms with Crippen molar-refractivity contribution in [1.29, 1.82) is 0 Å². The standard InChI is InChI=1S/2C2H6N.CH4.23Y/c2*1-2-3;;;;;;;;;;;;;;;;;;;;;;;;/h2*3H,2H2,1H3;1H4;;;;;;;;;;;;;;;;;;;;;;;/q2*-1;;;;;;;;;;;;;;;;;;;;;;;;. The normalized spacial score (nSPS) is 1.20. The van der Waals surface area contributed by atoms with Gasteiger partial charge in [-0.1, -0.05) is 21.3 Å². The monoisotopic (exact) mass is 2150 g/mol. The molecule has 25 heteroatoms. The number of nitrogens with one attached hydrogen (secondary N) is 2. The Labute approximate surface area is 769 Å².